The predicted molar refractivity (Wildman–Crippen MR) is 182 cm³/mol. The summed E-state index contributed by atoms with van der Waals surface area (Å²) >= 11 is 14.1. The van der Waals surface area contributed by atoms with Gasteiger partial charge in [0.25, 0.3) is 0 Å². The molecule has 14 heteroatoms. The summed E-state index contributed by atoms with van der Waals surface area (Å²) in [4.78, 5) is 46.3. The molecule has 250 valence electrons. The van der Waals surface area contributed by atoms with E-state index in [0.717, 1.165) is 25.9 Å². The highest BCUT2D eigenvalue weighted by Crippen LogP contribution is 2.42. The van der Waals surface area contributed by atoms with E-state index in [1.807, 2.05) is 36.4 Å². The van der Waals surface area contributed by atoms with E-state index < -0.39 is 0 Å². The zero-order valence-corrected chi connectivity index (χ0v) is 28.2. The maximum atomic E-state index is 11.6. The minimum Gasteiger partial charge on any atom is -0.480 e. The summed E-state index contributed by atoms with van der Waals surface area (Å²) < 4.78 is 11.2. The number of rotatable bonds is 11. The zero-order valence-electron chi connectivity index (χ0n) is 26.7. The van der Waals surface area contributed by atoms with E-state index >= 15 is 0 Å². The number of benzene rings is 2. The first-order valence-corrected chi connectivity index (χ1v) is 16.3. The molecule has 0 radical (unpaired) electrons. The van der Waals surface area contributed by atoms with Gasteiger partial charge in [-0.1, -0.05) is 59.6 Å². The Balaban J connectivity index is 1.26. The molecule has 12 nitrogen and oxygen atoms in total. The number of likely N-dealkylation sites (tertiary alicyclic amines) is 2. The van der Waals surface area contributed by atoms with Crippen molar-refractivity contribution in [2.75, 3.05) is 40.4 Å². The lowest BCUT2D eigenvalue weighted by atomic mass is 9.98. The SMILES string of the molecule is COc1nc(-c2cccc(-c3cccc(-c4cnc(CN5CC[C@@H](C(N)=O)C5)c(OC)n4)c3Cl)c2Cl)cnc1CN1CCC(C(N)=O)C1. The van der Waals surface area contributed by atoms with Gasteiger partial charge < -0.3 is 20.9 Å². The quantitative estimate of drug-likeness (QED) is 0.233. The third-order valence-electron chi connectivity index (χ3n) is 8.95. The number of aromatic nitrogens is 4. The average Bonchev–Trinajstić information content (AvgIpc) is 3.76. The second-order valence-corrected chi connectivity index (χ2v) is 12.8. The van der Waals surface area contributed by atoms with Crippen molar-refractivity contribution in [1.82, 2.24) is 29.7 Å². The van der Waals surface area contributed by atoms with Crippen LogP contribution >= 0.6 is 23.2 Å². The molecule has 2 aliphatic heterocycles. The monoisotopic (exact) mass is 690 g/mol. The number of nitrogens with zero attached hydrogens (tertiary/aromatic N) is 6. The van der Waals surface area contributed by atoms with Crippen LogP contribution in [0.3, 0.4) is 0 Å². The van der Waals surface area contributed by atoms with Crippen LogP contribution in [0.25, 0.3) is 33.6 Å². The Labute approximate surface area is 288 Å². The number of hydrogen-bond acceptors (Lipinski definition) is 10. The Morgan fingerprint density at radius 3 is 1.48 bits per heavy atom. The predicted octanol–water partition coefficient (Wildman–Crippen LogP) is 4.21. The molecular formula is C34H36Cl2N8O4. The summed E-state index contributed by atoms with van der Waals surface area (Å²) in [7, 11) is 3.10. The third-order valence-corrected chi connectivity index (χ3v) is 9.76. The number of carbonyl (C=O) groups excluding carboxylic acids is 2. The summed E-state index contributed by atoms with van der Waals surface area (Å²) in [6.07, 6.45) is 4.78. The Kier molecular flexibility index (Phi) is 10.1. The normalized spacial score (nSPS) is 18.2. The van der Waals surface area contributed by atoms with E-state index in [9.17, 15) is 9.59 Å². The molecular weight excluding hydrogens is 655 g/mol. The summed E-state index contributed by atoms with van der Waals surface area (Å²) in [5.41, 5.74) is 16.1. The minimum atomic E-state index is -0.286. The minimum absolute atomic E-state index is 0.164. The molecule has 2 saturated heterocycles. The van der Waals surface area contributed by atoms with Gasteiger partial charge in [0.15, 0.2) is 0 Å². The molecule has 2 aliphatic rings. The molecule has 4 heterocycles. The molecule has 0 bridgehead atoms. The maximum Gasteiger partial charge on any atom is 0.237 e. The number of amides is 2. The van der Waals surface area contributed by atoms with Crippen molar-refractivity contribution in [3.8, 4) is 45.4 Å². The van der Waals surface area contributed by atoms with Crippen molar-refractivity contribution in [2.45, 2.75) is 25.9 Å². The van der Waals surface area contributed by atoms with E-state index in [1.54, 1.807) is 26.6 Å². The smallest absolute Gasteiger partial charge is 0.237 e. The van der Waals surface area contributed by atoms with Crippen molar-refractivity contribution in [2.24, 2.45) is 23.3 Å². The molecule has 2 aromatic carbocycles. The Hall–Kier alpha value is -4.36. The fourth-order valence-corrected chi connectivity index (χ4v) is 6.96. The van der Waals surface area contributed by atoms with Crippen molar-refractivity contribution in [1.29, 1.82) is 0 Å². The first-order valence-electron chi connectivity index (χ1n) is 15.6. The summed E-state index contributed by atoms with van der Waals surface area (Å²) in [6, 6.07) is 11.3. The standard InChI is InChI=1S/C34H36Cl2N8O4/c1-47-33-27(17-43-11-9-19(15-43)31(37)45)39-13-25(41-33)23-7-3-5-21(29(23)35)22-6-4-8-24(30(22)36)26-14-40-28(34(42-26)48-2)18-44-12-10-20(16-44)32(38)46/h3-8,13-14,19-20H,9-12,15-18H2,1-2H3,(H2,37,45)(H2,38,46)/t19-,20?/m1/s1. The molecule has 0 aliphatic carbocycles. The largest absolute Gasteiger partial charge is 0.480 e. The van der Waals surface area contributed by atoms with Crippen LogP contribution in [0.2, 0.25) is 10.0 Å². The number of hydrogen-bond donors (Lipinski definition) is 2. The number of halogens is 2. The molecule has 4 aromatic rings. The van der Waals surface area contributed by atoms with Crippen LogP contribution in [0.5, 0.6) is 11.8 Å². The molecule has 48 heavy (non-hydrogen) atoms. The molecule has 4 N–H and O–H groups in total. The van der Waals surface area contributed by atoms with Gasteiger partial charge in [-0.3, -0.25) is 29.4 Å². The maximum absolute atomic E-state index is 11.6. The van der Waals surface area contributed by atoms with Crippen LogP contribution in [0, 0.1) is 11.8 Å². The molecule has 2 aromatic heterocycles. The number of ether oxygens (including phenoxy) is 2. The van der Waals surface area contributed by atoms with Gasteiger partial charge in [0.1, 0.15) is 11.4 Å². The summed E-state index contributed by atoms with van der Waals surface area (Å²) in [6.45, 7) is 3.62. The van der Waals surface area contributed by atoms with E-state index in [2.05, 4.69) is 19.8 Å². The zero-order chi connectivity index (χ0) is 33.9. The lowest BCUT2D eigenvalue weighted by Crippen LogP contribution is -2.27. The van der Waals surface area contributed by atoms with Crippen LogP contribution in [0.15, 0.2) is 48.8 Å². The van der Waals surface area contributed by atoms with Gasteiger partial charge >= 0.3 is 0 Å². The van der Waals surface area contributed by atoms with Crippen LogP contribution in [-0.2, 0) is 22.7 Å². The van der Waals surface area contributed by atoms with Gasteiger partial charge in [-0.2, -0.15) is 0 Å². The second-order valence-electron chi connectivity index (χ2n) is 12.0. The number of primary amides is 2. The van der Waals surface area contributed by atoms with Gasteiger partial charge in [-0.25, -0.2) is 9.97 Å². The molecule has 2 fully saturated rings. The highest BCUT2D eigenvalue weighted by atomic mass is 35.5. The highest BCUT2D eigenvalue weighted by molar-refractivity contribution is 6.39. The topological polar surface area (TPSA) is 163 Å². The van der Waals surface area contributed by atoms with Crippen LogP contribution < -0.4 is 20.9 Å². The lowest BCUT2D eigenvalue weighted by Gasteiger charge is -2.18. The lowest BCUT2D eigenvalue weighted by molar-refractivity contribution is -0.122. The highest BCUT2D eigenvalue weighted by Gasteiger charge is 2.29. The van der Waals surface area contributed by atoms with Crippen molar-refractivity contribution < 1.29 is 19.1 Å². The van der Waals surface area contributed by atoms with Gasteiger partial charge in [0, 0.05) is 48.4 Å². The summed E-state index contributed by atoms with van der Waals surface area (Å²) in [5.74, 6) is -0.141. The molecule has 0 spiro atoms. The van der Waals surface area contributed by atoms with E-state index in [-0.39, 0.29) is 23.7 Å². The van der Waals surface area contributed by atoms with Crippen LogP contribution in [0.4, 0.5) is 0 Å². The number of carbonyl (C=O) groups is 2. The Morgan fingerprint density at radius 1 is 0.729 bits per heavy atom. The van der Waals surface area contributed by atoms with Crippen LogP contribution in [0.1, 0.15) is 24.2 Å². The molecule has 1 unspecified atom stereocenters. The first-order chi connectivity index (χ1) is 23.2. The van der Waals surface area contributed by atoms with E-state index in [0.29, 0.717) is 93.0 Å². The molecule has 2 atom stereocenters. The van der Waals surface area contributed by atoms with Crippen molar-refractivity contribution in [3.63, 3.8) is 0 Å². The Bertz CT molecular complexity index is 1730. The average molecular weight is 692 g/mol. The number of methoxy groups -OCH3 is 2. The van der Waals surface area contributed by atoms with E-state index in [4.69, 9.17) is 54.1 Å². The van der Waals surface area contributed by atoms with Gasteiger partial charge in [-0.15, -0.1) is 0 Å². The van der Waals surface area contributed by atoms with Crippen LogP contribution in [-0.4, -0.2) is 81.9 Å². The fourth-order valence-electron chi connectivity index (χ4n) is 6.31. The molecule has 6 rings (SSSR count). The first kappa shape index (κ1) is 33.5. The van der Waals surface area contributed by atoms with Crippen molar-refractivity contribution >= 4 is 35.0 Å². The summed E-state index contributed by atoms with van der Waals surface area (Å²) in [5, 5.41) is 0.895. The molecule has 0 saturated carbocycles. The molecule has 2 amide bonds. The fraction of sp³-hybridized carbons (Fsp3) is 0.353. The van der Waals surface area contributed by atoms with Gasteiger partial charge in [-0.05, 0) is 25.9 Å². The third kappa shape index (κ3) is 6.93. The van der Waals surface area contributed by atoms with Crippen molar-refractivity contribution in [3.05, 3.63) is 70.2 Å². The van der Waals surface area contributed by atoms with Gasteiger partial charge in [0.05, 0.1) is 59.9 Å². The van der Waals surface area contributed by atoms with Gasteiger partial charge in [0.2, 0.25) is 23.6 Å². The number of nitrogens with two attached hydrogens (primary N) is 2. The second kappa shape index (κ2) is 14.4. The Morgan fingerprint density at radius 2 is 1.12 bits per heavy atom. The van der Waals surface area contributed by atoms with E-state index in [1.165, 1.54) is 0 Å².